The summed E-state index contributed by atoms with van der Waals surface area (Å²) >= 11 is 0. The van der Waals surface area contributed by atoms with Crippen LogP contribution in [-0.4, -0.2) is 69.8 Å². The highest BCUT2D eigenvalue weighted by atomic mass is 19.1. The van der Waals surface area contributed by atoms with Crippen LogP contribution in [0.2, 0.25) is 0 Å². The summed E-state index contributed by atoms with van der Waals surface area (Å²) in [7, 11) is 0. The summed E-state index contributed by atoms with van der Waals surface area (Å²) in [5.74, 6) is 0.546. The van der Waals surface area contributed by atoms with Crippen LogP contribution in [0.5, 0.6) is 0 Å². The molecular weight excluding hydrogens is 433 g/mol. The Labute approximate surface area is 199 Å². The highest BCUT2D eigenvalue weighted by Crippen LogP contribution is 2.48. The van der Waals surface area contributed by atoms with Gasteiger partial charge in [-0.15, -0.1) is 0 Å². The van der Waals surface area contributed by atoms with Gasteiger partial charge in [-0.25, -0.2) is 4.39 Å². The molecule has 2 saturated carbocycles. The summed E-state index contributed by atoms with van der Waals surface area (Å²) in [6.07, 6.45) is 7.00. The van der Waals surface area contributed by atoms with E-state index in [0.717, 1.165) is 37.7 Å². The Kier molecular flexibility index (Phi) is 5.38. The number of hydrogen-bond donors (Lipinski definition) is 1. The third-order valence-corrected chi connectivity index (χ3v) is 8.93. The summed E-state index contributed by atoms with van der Waals surface area (Å²) < 4.78 is 13.6. The summed E-state index contributed by atoms with van der Waals surface area (Å²) in [6.45, 7) is 1.05. The summed E-state index contributed by atoms with van der Waals surface area (Å²) in [5.41, 5.74) is 7.37. The molecule has 1 unspecified atom stereocenters. The second-order valence-electron chi connectivity index (χ2n) is 10.9. The monoisotopic (exact) mass is 465 g/mol. The van der Waals surface area contributed by atoms with Gasteiger partial charge in [0.1, 0.15) is 11.9 Å². The van der Waals surface area contributed by atoms with Crippen molar-refractivity contribution in [1.29, 1.82) is 5.26 Å². The molecule has 3 aliphatic heterocycles. The van der Waals surface area contributed by atoms with Crippen molar-refractivity contribution in [2.75, 3.05) is 13.1 Å². The number of nitriles is 1. The number of piperazine rings is 1. The average Bonchev–Trinajstić information content (AvgIpc) is 3.25. The number of carbonyl (C=O) groups excluding carboxylic acids is 2. The third kappa shape index (κ3) is 3.52. The lowest BCUT2D eigenvalue weighted by Gasteiger charge is -2.42. The van der Waals surface area contributed by atoms with E-state index < -0.39 is 6.04 Å². The quantitative estimate of drug-likeness (QED) is 0.695. The van der Waals surface area contributed by atoms with Gasteiger partial charge in [0.2, 0.25) is 11.8 Å². The molecule has 8 heteroatoms. The van der Waals surface area contributed by atoms with Gasteiger partial charge < -0.3 is 15.5 Å². The molecule has 7 nitrogen and oxygen atoms in total. The zero-order valence-corrected chi connectivity index (χ0v) is 19.4. The molecule has 0 radical (unpaired) electrons. The first-order valence-corrected chi connectivity index (χ1v) is 12.8. The number of benzene rings is 1. The van der Waals surface area contributed by atoms with E-state index in [1.807, 2.05) is 12.1 Å². The lowest BCUT2D eigenvalue weighted by atomic mass is 9.89. The molecule has 7 atom stereocenters. The van der Waals surface area contributed by atoms with E-state index in [-0.39, 0.29) is 47.8 Å². The zero-order chi connectivity index (χ0) is 23.6. The van der Waals surface area contributed by atoms with Crippen molar-refractivity contribution in [2.24, 2.45) is 17.6 Å². The zero-order valence-electron chi connectivity index (χ0n) is 19.4. The average molecular weight is 466 g/mol. The van der Waals surface area contributed by atoms with Gasteiger partial charge in [0.15, 0.2) is 0 Å². The van der Waals surface area contributed by atoms with Gasteiger partial charge in [0.05, 0.1) is 24.2 Å². The molecule has 2 N–H and O–H groups in total. The third-order valence-electron chi connectivity index (χ3n) is 8.93. The molecule has 6 rings (SSSR count). The number of likely N-dealkylation sites (tertiary alicyclic amines) is 3. The molecule has 2 bridgehead atoms. The lowest BCUT2D eigenvalue weighted by Crippen LogP contribution is -2.57. The minimum Gasteiger partial charge on any atom is -0.330 e. The van der Waals surface area contributed by atoms with Crippen LogP contribution in [0, 0.1) is 29.0 Å². The molecule has 34 heavy (non-hydrogen) atoms. The van der Waals surface area contributed by atoms with Crippen LogP contribution in [-0.2, 0) is 9.59 Å². The predicted molar refractivity (Wildman–Crippen MR) is 122 cm³/mol. The van der Waals surface area contributed by atoms with E-state index in [2.05, 4.69) is 15.9 Å². The molecule has 5 fully saturated rings. The molecule has 5 aliphatic rings. The van der Waals surface area contributed by atoms with Crippen molar-refractivity contribution in [3.63, 3.8) is 0 Å². The van der Waals surface area contributed by atoms with Gasteiger partial charge in [-0.2, -0.15) is 5.26 Å². The van der Waals surface area contributed by atoms with E-state index in [1.165, 1.54) is 25.0 Å². The van der Waals surface area contributed by atoms with E-state index in [1.54, 1.807) is 4.90 Å². The fraction of sp³-hybridized carbons (Fsp3) is 0.654. The Hall–Kier alpha value is -2.50. The summed E-state index contributed by atoms with van der Waals surface area (Å²) in [5, 5.41) is 9.42. The van der Waals surface area contributed by atoms with Crippen LogP contribution in [0.15, 0.2) is 24.3 Å². The number of rotatable bonds is 6. The number of halogens is 1. The van der Waals surface area contributed by atoms with Crippen LogP contribution in [0.3, 0.4) is 0 Å². The van der Waals surface area contributed by atoms with E-state index >= 15 is 0 Å². The first-order valence-electron chi connectivity index (χ1n) is 12.8. The standard InChI is InChI=1S/C26H32FN5O2/c27-18-7-5-16(6-8-18)24(15-3-1-2-4-15)32-20-11-23(26(32)34)30(13-20)14-21(29)25(33)31-19(12-28)9-17-10-22(17)31/h5-8,15,17,19-24H,1-4,9-11,13-14,29H2/t17-,19+,20?,21+,22+,23-,24-/m1/s1. The topological polar surface area (TPSA) is 93.7 Å². The van der Waals surface area contributed by atoms with Crippen LogP contribution in [0.25, 0.3) is 0 Å². The largest absolute Gasteiger partial charge is 0.330 e. The van der Waals surface area contributed by atoms with Gasteiger partial charge in [0.25, 0.3) is 0 Å². The molecular formula is C26H32FN5O2. The molecule has 3 heterocycles. The van der Waals surface area contributed by atoms with Crippen LogP contribution < -0.4 is 5.73 Å². The molecule has 3 saturated heterocycles. The van der Waals surface area contributed by atoms with Crippen molar-refractivity contribution in [1.82, 2.24) is 14.7 Å². The normalized spacial score (nSPS) is 34.4. The first-order chi connectivity index (χ1) is 16.5. The van der Waals surface area contributed by atoms with Crippen molar-refractivity contribution in [3.05, 3.63) is 35.6 Å². The molecule has 2 amide bonds. The van der Waals surface area contributed by atoms with Crippen molar-refractivity contribution >= 4 is 11.8 Å². The second-order valence-corrected chi connectivity index (χ2v) is 10.9. The highest BCUT2D eigenvalue weighted by molar-refractivity contribution is 5.87. The number of nitrogens with two attached hydrogens (primary N) is 1. The van der Waals surface area contributed by atoms with E-state index in [4.69, 9.17) is 5.73 Å². The Morgan fingerprint density at radius 3 is 2.59 bits per heavy atom. The highest BCUT2D eigenvalue weighted by Gasteiger charge is 2.56. The number of fused-ring (bicyclic) bond motifs is 3. The minimum absolute atomic E-state index is 0.0177. The van der Waals surface area contributed by atoms with E-state index in [0.29, 0.717) is 24.9 Å². The van der Waals surface area contributed by atoms with E-state index in [9.17, 15) is 19.2 Å². The van der Waals surface area contributed by atoms with Gasteiger partial charge in [-0.3, -0.25) is 14.5 Å². The maximum Gasteiger partial charge on any atom is 0.242 e. The Balaban J connectivity index is 1.16. The minimum atomic E-state index is -0.724. The molecule has 1 aromatic carbocycles. The smallest absolute Gasteiger partial charge is 0.242 e. The van der Waals surface area contributed by atoms with Gasteiger partial charge in [0, 0.05) is 25.2 Å². The molecule has 2 aliphatic carbocycles. The number of carbonyl (C=O) groups is 2. The predicted octanol–water partition coefficient (Wildman–Crippen LogP) is 2.18. The SMILES string of the molecule is N#C[C@@H]1C[C@@H]2C[C@@H]2N1C(=O)[C@@H](N)CN1CC2C[C@@H]1C(=O)N2[C@@H](c1ccc(F)cc1)C1CCCC1. The van der Waals surface area contributed by atoms with Gasteiger partial charge >= 0.3 is 0 Å². The first kappa shape index (κ1) is 22.0. The maximum absolute atomic E-state index is 13.6. The van der Waals surface area contributed by atoms with Crippen molar-refractivity contribution in [3.8, 4) is 6.07 Å². The van der Waals surface area contributed by atoms with Gasteiger partial charge in [-0.1, -0.05) is 25.0 Å². The summed E-state index contributed by atoms with van der Waals surface area (Å²) in [6, 6.07) is 7.80. The number of hydrogen-bond acceptors (Lipinski definition) is 5. The Morgan fingerprint density at radius 1 is 1.18 bits per heavy atom. The summed E-state index contributed by atoms with van der Waals surface area (Å²) in [4.78, 5) is 32.5. The second kappa shape index (κ2) is 8.31. The fourth-order valence-corrected chi connectivity index (χ4v) is 7.26. The van der Waals surface area contributed by atoms with Gasteiger partial charge in [-0.05, 0) is 61.6 Å². The molecule has 180 valence electrons. The van der Waals surface area contributed by atoms with Crippen LogP contribution in [0.1, 0.15) is 56.6 Å². The lowest BCUT2D eigenvalue weighted by molar-refractivity contribution is -0.142. The van der Waals surface area contributed by atoms with Crippen molar-refractivity contribution in [2.45, 2.75) is 81.2 Å². The molecule has 1 aromatic rings. The van der Waals surface area contributed by atoms with Crippen molar-refractivity contribution < 1.29 is 14.0 Å². The van der Waals surface area contributed by atoms with Crippen LogP contribution in [0.4, 0.5) is 4.39 Å². The maximum atomic E-state index is 13.6. The molecule has 0 aromatic heterocycles. The Bertz CT molecular complexity index is 1020. The number of piperidine rings is 1. The fourth-order valence-electron chi connectivity index (χ4n) is 7.26. The Morgan fingerprint density at radius 2 is 1.91 bits per heavy atom. The number of amides is 2. The van der Waals surface area contributed by atoms with Crippen LogP contribution >= 0.6 is 0 Å². The number of nitrogens with zero attached hydrogens (tertiary/aromatic N) is 4. The molecule has 0 spiro atoms.